The molecule has 0 unspecified atom stereocenters. The van der Waals surface area contributed by atoms with Crippen LogP contribution in [0, 0.1) is 0 Å². The third kappa shape index (κ3) is 6.56. The first-order chi connectivity index (χ1) is 25.9. The number of aromatic nitrogens is 4. The van der Waals surface area contributed by atoms with E-state index in [1.807, 2.05) is 16.9 Å². The Hall–Kier alpha value is -5.16. The summed E-state index contributed by atoms with van der Waals surface area (Å²) >= 11 is 0. The lowest BCUT2D eigenvalue weighted by atomic mass is 9.75. The van der Waals surface area contributed by atoms with Crippen LogP contribution in [0.25, 0.3) is 44.4 Å². The van der Waals surface area contributed by atoms with E-state index in [4.69, 9.17) is 14.8 Å². The molecule has 3 heterocycles. The number of hydrogen-bond donors (Lipinski definition) is 0. The van der Waals surface area contributed by atoms with Gasteiger partial charge in [-0.15, -0.1) is 0 Å². The highest BCUT2D eigenvalue weighted by atomic mass is 16.5. The molecule has 5 nitrogen and oxygen atoms in total. The normalized spacial score (nSPS) is 16.1. The zero-order valence-electron chi connectivity index (χ0n) is 31.4. The van der Waals surface area contributed by atoms with Crippen molar-refractivity contribution in [1.82, 2.24) is 19.3 Å². The molecule has 3 aromatic heterocycles. The number of pyridine rings is 1. The fourth-order valence-electron chi connectivity index (χ4n) is 9.12. The van der Waals surface area contributed by atoms with Crippen molar-refractivity contribution < 1.29 is 4.74 Å². The van der Waals surface area contributed by atoms with Gasteiger partial charge < -0.3 is 4.74 Å². The molecule has 5 heteroatoms. The van der Waals surface area contributed by atoms with Crippen molar-refractivity contribution in [3.63, 3.8) is 0 Å². The van der Waals surface area contributed by atoms with Crippen LogP contribution < -0.4 is 4.74 Å². The Bertz CT molecular complexity index is 2360. The standard InChI is InChI=1S/C48H50N4O/c1-48(2,3)36-26-27-49-46(28-36)52-44-23-11-10-20-42(44)43-25-24-39(30-45(43)52)53-38-19-12-18-37(29-38)51-32-35(31-50-51)47-40(33-14-6-4-7-15-33)21-13-22-41(47)34-16-8-5-9-17-34/h10-13,18-34H,4-9,14-17H2,1-3H3. The molecule has 0 amide bonds. The number of para-hydroxylation sites is 1. The zero-order valence-corrected chi connectivity index (χ0v) is 31.4. The van der Waals surface area contributed by atoms with Crippen LogP contribution in [0.1, 0.15) is 114 Å². The lowest BCUT2D eigenvalue weighted by molar-refractivity contribution is 0.437. The molecule has 0 aliphatic heterocycles. The Labute approximate surface area is 313 Å². The highest BCUT2D eigenvalue weighted by Gasteiger charge is 2.26. The van der Waals surface area contributed by atoms with Crippen molar-refractivity contribution in [2.45, 2.75) is 102 Å². The molecule has 0 saturated heterocycles. The quantitative estimate of drug-likeness (QED) is 0.166. The van der Waals surface area contributed by atoms with E-state index in [0.717, 1.165) is 34.0 Å². The Morgan fingerprint density at radius 1 is 0.642 bits per heavy atom. The molecule has 268 valence electrons. The second-order valence-electron chi connectivity index (χ2n) is 16.4. The van der Waals surface area contributed by atoms with E-state index < -0.39 is 0 Å². The minimum absolute atomic E-state index is 0.0154. The van der Waals surface area contributed by atoms with Crippen LogP contribution in [0.3, 0.4) is 0 Å². The number of ether oxygens (including phenoxy) is 1. The van der Waals surface area contributed by atoms with Gasteiger partial charge in [0, 0.05) is 40.9 Å². The molecular weight excluding hydrogens is 649 g/mol. The molecule has 2 aliphatic rings. The maximum Gasteiger partial charge on any atom is 0.137 e. The number of nitrogens with zero attached hydrogens (tertiary/aromatic N) is 4. The van der Waals surface area contributed by atoms with Gasteiger partial charge in [0.15, 0.2) is 0 Å². The molecule has 2 saturated carbocycles. The Morgan fingerprint density at radius 3 is 2.06 bits per heavy atom. The van der Waals surface area contributed by atoms with Crippen LogP contribution in [-0.4, -0.2) is 19.3 Å². The van der Waals surface area contributed by atoms with Gasteiger partial charge in [0.1, 0.15) is 17.3 Å². The summed E-state index contributed by atoms with van der Waals surface area (Å²) in [6.45, 7) is 6.73. The second-order valence-corrected chi connectivity index (χ2v) is 16.4. The molecule has 2 fully saturated rings. The molecule has 7 aromatic rings. The van der Waals surface area contributed by atoms with Gasteiger partial charge in [0.2, 0.25) is 0 Å². The van der Waals surface area contributed by atoms with E-state index in [1.165, 1.54) is 103 Å². The average molecular weight is 699 g/mol. The highest BCUT2D eigenvalue weighted by molar-refractivity contribution is 6.09. The number of benzene rings is 4. The Kier molecular flexibility index (Phi) is 8.89. The molecule has 0 spiro atoms. The first-order valence-electron chi connectivity index (χ1n) is 19.9. The van der Waals surface area contributed by atoms with Gasteiger partial charge in [-0.05, 0) is 108 Å². The predicted molar refractivity (Wildman–Crippen MR) is 218 cm³/mol. The number of rotatable bonds is 7. The van der Waals surface area contributed by atoms with Crippen molar-refractivity contribution in [3.8, 4) is 34.1 Å². The summed E-state index contributed by atoms with van der Waals surface area (Å²) in [6.07, 6.45) is 19.5. The van der Waals surface area contributed by atoms with Gasteiger partial charge in [-0.25, -0.2) is 9.67 Å². The highest BCUT2D eigenvalue weighted by Crippen LogP contribution is 2.45. The summed E-state index contributed by atoms with van der Waals surface area (Å²) in [7, 11) is 0. The molecule has 4 aromatic carbocycles. The topological polar surface area (TPSA) is 44.9 Å². The van der Waals surface area contributed by atoms with Crippen LogP contribution in [0.4, 0.5) is 0 Å². The SMILES string of the molecule is CC(C)(C)c1ccnc(-n2c3ccccc3c3ccc(Oc4cccc(-n5cc(-c6c(C7CCCCC7)cccc6C6CCCCC6)cn5)c4)cc32)c1. The largest absolute Gasteiger partial charge is 0.457 e. The van der Waals surface area contributed by atoms with Crippen LogP contribution in [-0.2, 0) is 5.41 Å². The molecule has 0 radical (unpaired) electrons. The minimum atomic E-state index is 0.0154. The van der Waals surface area contributed by atoms with Crippen molar-refractivity contribution >= 4 is 21.8 Å². The van der Waals surface area contributed by atoms with Gasteiger partial charge >= 0.3 is 0 Å². The molecular formula is C48H50N4O. The first kappa shape index (κ1) is 33.7. The number of fused-ring (bicyclic) bond motifs is 3. The second kappa shape index (κ2) is 14.0. The summed E-state index contributed by atoms with van der Waals surface area (Å²) in [4.78, 5) is 4.85. The summed E-state index contributed by atoms with van der Waals surface area (Å²) in [5, 5.41) is 7.34. The van der Waals surface area contributed by atoms with Crippen molar-refractivity contribution in [3.05, 3.63) is 132 Å². The van der Waals surface area contributed by atoms with Crippen molar-refractivity contribution in [2.24, 2.45) is 0 Å². The molecule has 9 rings (SSSR count). The van der Waals surface area contributed by atoms with E-state index in [9.17, 15) is 0 Å². The Morgan fingerprint density at radius 2 is 1.32 bits per heavy atom. The van der Waals surface area contributed by atoms with Crippen LogP contribution in [0.15, 0.2) is 116 Å². The van der Waals surface area contributed by atoms with Crippen LogP contribution in [0.2, 0.25) is 0 Å². The lowest BCUT2D eigenvalue weighted by Gasteiger charge is -2.29. The summed E-state index contributed by atoms with van der Waals surface area (Å²) < 4.78 is 10.9. The minimum Gasteiger partial charge on any atom is -0.457 e. The van der Waals surface area contributed by atoms with Gasteiger partial charge in [0.25, 0.3) is 0 Å². The summed E-state index contributed by atoms with van der Waals surface area (Å²) in [5.74, 6) is 3.74. The zero-order chi connectivity index (χ0) is 35.9. The van der Waals surface area contributed by atoms with Crippen LogP contribution >= 0.6 is 0 Å². The van der Waals surface area contributed by atoms with E-state index >= 15 is 0 Å². The predicted octanol–water partition coefficient (Wildman–Crippen LogP) is 13.2. The molecule has 0 bridgehead atoms. The third-order valence-electron chi connectivity index (χ3n) is 11.9. The fraction of sp³-hybridized carbons (Fsp3) is 0.333. The monoisotopic (exact) mass is 698 g/mol. The lowest BCUT2D eigenvalue weighted by Crippen LogP contribution is -2.12. The maximum absolute atomic E-state index is 6.63. The van der Waals surface area contributed by atoms with E-state index in [-0.39, 0.29) is 5.41 Å². The van der Waals surface area contributed by atoms with Gasteiger partial charge in [0.05, 0.1) is 22.9 Å². The maximum atomic E-state index is 6.63. The molecule has 0 atom stereocenters. The smallest absolute Gasteiger partial charge is 0.137 e. The van der Waals surface area contributed by atoms with E-state index in [1.54, 1.807) is 0 Å². The first-order valence-corrected chi connectivity index (χ1v) is 19.9. The fourth-order valence-corrected chi connectivity index (χ4v) is 9.12. The van der Waals surface area contributed by atoms with E-state index in [0.29, 0.717) is 11.8 Å². The average Bonchev–Trinajstić information content (AvgIpc) is 3.82. The molecule has 2 aliphatic carbocycles. The third-order valence-corrected chi connectivity index (χ3v) is 11.9. The van der Waals surface area contributed by atoms with Crippen molar-refractivity contribution in [1.29, 1.82) is 0 Å². The molecule has 53 heavy (non-hydrogen) atoms. The Balaban J connectivity index is 1.06. The number of hydrogen-bond acceptors (Lipinski definition) is 3. The van der Waals surface area contributed by atoms with Gasteiger partial charge in [-0.1, -0.05) is 102 Å². The van der Waals surface area contributed by atoms with Gasteiger partial charge in [-0.2, -0.15) is 5.10 Å². The summed E-state index contributed by atoms with van der Waals surface area (Å²) in [6, 6.07) is 34.8. The van der Waals surface area contributed by atoms with Crippen LogP contribution in [0.5, 0.6) is 11.5 Å². The molecule has 0 N–H and O–H groups in total. The van der Waals surface area contributed by atoms with Crippen molar-refractivity contribution in [2.75, 3.05) is 0 Å². The van der Waals surface area contributed by atoms with Gasteiger partial charge in [-0.3, -0.25) is 4.57 Å². The summed E-state index contributed by atoms with van der Waals surface area (Å²) in [5.41, 5.74) is 10.2. The van der Waals surface area contributed by atoms with E-state index in [2.05, 4.69) is 129 Å².